The lowest BCUT2D eigenvalue weighted by atomic mass is 10.2. The summed E-state index contributed by atoms with van der Waals surface area (Å²) in [5.74, 6) is -0.946. The first-order chi connectivity index (χ1) is 9.29. The minimum absolute atomic E-state index is 0.116. The van der Waals surface area contributed by atoms with E-state index in [2.05, 4.69) is 14.7 Å². The van der Waals surface area contributed by atoms with E-state index in [4.69, 9.17) is 10.8 Å². The Balaban J connectivity index is 2.37. The first-order valence-corrected chi connectivity index (χ1v) is 6.74. The highest BCUT2D eigenvalue weighted by Crippen LogP contribution is 2.22. The van der Waals surface area contributed by atoms with Crippen molar-refractivity contribution >= 4 is 27.7 Å². The van der Waals surface area contributed by atoms with Crippen LogP contribution < -0.4 is 10.5 Å². The zero-order valence-corrected chi connectivity index (χ0v) is 11.0. The van der Waals surface area contributed by atoms with Gasteiger partial charge in [0.25, 0.3) is 10.0 Å². The van der Waals surface area contributed by atoms with Crippen LogP contribution in [0.15, 0.2) is 27.6 Å². The largest absolute Gasteiger partial charge is 0.478 e. The molecule has 0 saturated carbocycles. The summed E-state index contributed by atoms with van der Waals surface area (Å²) in [5.41, 5.74) is 5.24. The molecule has 1 aromatic carbocycles. The molecule has 106 valence electrons. The molecule has 1 heterocycles. The number of aromatic nitrogens is 2. The molecule has 0 fully saturated rings. The molecule has 10 heteroatoms. The number of hydrogen-bond acceptors (Lipinski definition) is 7. The predicted octanol–water partition coefficient (Wildman–Crippen LogP) is 0.459. The van der Waals surface area contributed by atoms with Gasteiger partial charge in [0.1, 0.15) is 4.90 Å². The van der Waals surface area contributed by atoms with Gasteiger partial charge in [0.05, 0.1) is 11.3 Å². The number of carbonyl (C=O) groups is 1. The minimum atomic E-state index is -4.04. The van der Waals surface area contributed by atoms with Gasteiger partial charge in [-0.3, -0.25) is 0 Å². The number of anilines is 2. The van der Waals surface area contributed by atoms with Gasteiger partial charge in [0.15, 0.2) is 5.82 Å². The van der Waals surface area contributed by atoms with Crippen molar-refractivity contribution in [3.8, 4) is 0 Å². The average molecular weight is 298 g/mol. The van der Waals surface area contributed by atoms with Gasteiger partial charge in [-0.1, -0.05) is 5.16 Å². The standard InChI is InChI=1S/C10H10N4O5S/c1-5-12-10(19-13-5)14-20(17,18)8-3-2-6(9(15)16)4-7(8)11/h2-4H,11H2,1H3,(H,15,16)(H,12,13,14). The zero-order valence-electron chi connectivity index (χ0n) is 10.2. The summed E-state index contributed by atoms with van der Waals surface area (Å²) < 4.78 is 30.8. The third kappa shape index (κ3) is 2.69. The third-order valence-corrected chi connectivity index (χ3v) is 3.69. The lowest BCUT2D eigenvalue weighted by Crippen LogP contribution is -2.15. The Hall–Kier alpha value is -2.62. The van der Waals surface area contributed by atoms with Gasteiger partial charge in [-0.05, 0) is 25.1 Å². The van der Waals surface area contributed by atoms with Crippen LogP contribution in [0.2, 0.25) is 0 Å². The Morgan fingerprint density at radius 2 is 2.15 bits per heavy atom. The molecule has 2 aromatic rings. The first kappa shape index (κ1) is 13.8. The fraction of sp³-hybridized carbons (Fsp3) is 0.100. The number of hydrogen-bond donors (Lipinski definition) is 3. The summed E-state index contributed by atoms with van der Waals surface area (Å²) in [6.45, 7) is 1.53. The highest BCUT2D eigenvalue weighted by atomic mass is 32.2. The second kappa shape index (κ2) is 4.81. The normalized spacial score (nSPS) is 11.2. The maximum absolute atomic E-state index is 12.0. The van der Waals surface area contributed by atoms with Crippen molar-refractivity contribution in [2.45, 2.75) is 11.8 Å². The topological polar surface area (TPSA) is 148 Å². The third-order valence-electron chi connectivity index (χ3n) is 2.30. The summed E-state index contributed by atoms with van der Waals surface area (Å²) in [5, 5.41) is 12.2. The number of benzene rings is 1. The molecular weight excluding hydrogens is 288 g/mol. The molecule has 0 bridgehead atoms. The number of rotatable bonds is 4. The Morgan fingerprint density at radius 1 is 1.45 bits per heavy atom. The van der Waals surface area contributed by atoms with E-state index in [1.165, 1.54) is 6.92 Å². The van der Waals surface area contributed by atoms with Crippen LogP contribution in [0.4, 0.5) is 11.7 Å². The van der Waals surface area contributed by atoms with Gasteiger partial charge in [0, 0.05) is 0 Å². The molecule has 0 amide bonds. The van der Waals surface area contributed by atoms with Crippen LogP contribution in [0.5, 0.6) is 0 Å². The number of nitrogens with one attached hydrogen (secondary N) is 1. The second-order valence-corrected chi connectivity index (χ2v) is 5.46. The summed E-state index contributed by atoms with van der Waals surface area (Å²) in [6, 6.07) is 2.97. The van der Waals surface area contributed by atoms with E-state index in [0.29, 0.717) is 0 Å². The average Bonchev–Trinajstić information content (AvgIpc) is 2.73. The van der Waals surface area contributed by atoms with Crippen LogP contribution in [-0.4, -0.2) is 29.6 Å². The number of aromatic carboxylic acids is 1. The lowest BCUT2D eigenvalue weighted by Gasteiger charge is -2.07. The number of nitrogen functional groups attached to an aromatic ring is 1. The summed E-state index contributed by atoms with van der Waals surface area (Å²) in [4.78, 5) is 14.2. The Kier molecular flexibility index (Phi) is 3.32. The molecule has 4 N–H and O–H groups in total. The van der Waals surface area contributed by atoms with E-state index < -0.39 is 16.0 Å². The fourth-order valence-corrected chi connectivity index (χ4v) is 2.47. The molecule has 0 aliphatic carbocycles. The molecule has 0 aliphatic rings. The molecule has 0 radical (unpaired) electrons. The smallest absolute Gasteiger partial charge is 0.335 e. The quantitative estimate of drug-likeness (QED) is 0.689. The lowest BCUT2D eigenvalue weighted by molar-refractivity contribution is 0.0697. The number of sulfonamides is 1. The van der Waals surface area contributed by atoms with Crippen LogP contribution in [0.25, 0.3) is 0 Å². The number of aryl methyl sites for hydroxylation is 1. The van der Waals surface area contributed by atoms with Crippen molar-refractivity contribution in [3.05, 3.63) is 29.6 Å². The first-order valence-electron chi connectivity index (χ1n) is 5.25. The monoisotopic (exact) mass is 298 g/mol. The maximum Gasteiger partial charge on any atom is 0.335 e. The van der Waals surface area contributed by atoms with Gasteiger partial charge < -0.3 is 15.4 Å². The molecule has 0 saturated heterocycles. The summed E-state index contributed by atoms with van der Waals surface area (Å²) in [6.07, 6.45) is 0. The molecule has 0 spiro atoms. The number of nitrogens with zero attached hydrogens (tertiary/aromatic N) is 2. The van der Waals surface area contributed by atoms with Crippen LogP contribution >= 0.6 is 0 Å². The number of carboxylic acids is 1. The van der Waals surface area contributed by atoms with Crippen molar-refractivity contribution in [1.82, 2.24) is 10.1 Å². The minimum Gasteiger partial charge on any atom is -0.478 e. The molecular formula is C10H10N4O5S. The van der Waals surface area contributed by atoms with E-state index in [1.54, 1.807) is 0 Å². The highest BCUT2D eigenvalue weighted by molar-refractivity contribution is 7.92. The van der Waals surface area contributed by atoms with Crippen molar-refractivity contribution in [2.24, 2.45) is 0 Å². The number of nitrogens with two attached hydrogens (primary N) is 1. The highest BCUT2D eigenvalue weighted by Gasteiger charge is 2.21. The van der Waals surface area contributed by atoms with Crippen molar-refractivity contribution in [3.63, 3.8) is 0 Å². The maximum atomic E-state index is 12.0. The molecule has 20 heavy (non-hydrogen) atoms. The van der Waals surface area contributed by atoms with Crippen molar-refractivity contribution in [1.29, 1.82) is 0 Å². The van der Waals surface area contributed by atoms with E-state index in [-0.39, 0.29) is 28.0 Å². The molecule has 1 aromatic heterocycles. The molecule has 0 unspecified atom stereocenters. The Morgan fingerprint density at radius 3 is 2.65 bits per heavy atom. The van der Waals surface area contributed by atoms with Crippen LogP contribution in [0.3, 0.4) is 0 Å². The Labute approximate surface area is 113 Å². The van der Waals surface area contributed by atoms with Gasteiger partial charge in [-0.25, -0.2) is 17.9 Å². The second-order valence-electron chi connectivity index (χ2n) is 3.81. The molecule has 0 aliphatic heterocycles. The van der Waals surface area contributed by atoms with Crippen molar-refractivity contribution < 1.29 is 22.8 Å². The van der Waals surface area contributed by atoms with E-state index in [9.17, 15) is 13.2 Å². The zero-order chi connectivity index (χ0) is 14.9. The molecule has 9 nitrogen and oxygen atoms in total. The van der Waals surface area contributed by atoms with Crippen LogP contribution in [-0.2, 0) is 10.0 Å². The summed E-state index contributed by atoms with van der Waals surface area (Å²) >= 11 is 0. The fourth-order valence-electron chi connectivity index (χ4n) is 1.43. The van der Waals surface area contributed by atoms with Gasteiger partial charge >= 0.3 is 12.0 Å². The SMILES string of the molecule is Cc1noc(NS(=O)(=O)c2ccc(C(=O)O)cc2N)n1. The Bertz CT molecular complexity index is 768. The number of carboxylic acid groups (broad SMARTS) is 1. The van der Waals surface area contributed by atoms with Gasteiger partial charge in [-0.2, -0.15) is 4.98 Å². The van der Waals surface area contributed by atoms with Crippen LogP contribution in [0.1, 0.15) is 16.2 Å². The summed E-state index contributed by atoms with van der Waals surface area (Å²) in [7, 11) is -4.04. The predicted molar refractivity (Wildman–Crippen MR) is 67.7 cm³/mol. The molecule has 0 atom stereocenters. The van der Waals surface area contributed by atoms with Gasteiger partial charge in [-0.15, -0.1) is 0 Å². The van der Waals surface area contributed by atoms with Crippen molar-refractivity contribution in [2.75, 3.05) is 10.5 Å². The van der Waals surface area contributed by atoms with Gasteiger partial charge in [0.2, 0.25) is 0 Å². The molecule has 2 rings (SSSR count). The van der Waals surface area contributed by atoms with E-state index in [1.807, 2.05) is 4.72 Å². The van der Waals surface area contributed by atoms with E-state index in [0.717, 1.165) is 18.2 Å². The van der Waals surface area contributed by atoms with Crippen LogP contribution in [0, 0.1) is 6.92 Å². The van der Waals surface area contributed by atoms with E-state index >= 15 is 0 Å².